The van der Waals surface area contributed by atoms with Crippen LogP contribution in [-0.2, 0) is 25.5 Å². The summed E-state index contributed by atoms with van der Waals surface area (Å²) in [6, 6.07) is 3.76. The Hall–Kier alpha value is -2.41. The zero-order valence-corrected chi connectivity index (χ0v) is 18.9. The first kappa shape index (κ1) is 22.3. The maximum Gasteiger partial charge on any atom is 0.330 e. The monoisotopic (exact) mass is 474 g/mol. The number of aryl methyl sites for hydroxylation is 2. The number of hydrogen-bond acceptors (Lipinski definition) is 4. The van der Waals surface area contributed by atoms with Crippen LogP contribution in [-0.4, -0.2) is 37.0 Å². The van der Waals surface area contributed by atoms with Gasteiger partial charge in [0.25, 0.3) is 0 Å². The number of amides is 2. The predicted octanol–water partition coefficient (Wildman–Crippen LogP) is 3.22. The third-order valence-electron chi connectivity index (χ3n) is 5.47. The second-order valence-corrected chi connectivity index (χ2v) is 8.53. The van der Waals surface area contributed by atoms with Gasteiger partial charge in [0.15, 0.2) is 0 Å². The van der Waals surface area contributed by atoms with Gasteiger partial charge in [-0.05, 0) is 68.4 Å². The van der Waals surface area contributed by atoms with Crippen molar-refractivity contribution in [1.29, 1.82) is 0 Å². The van der Waals surface area contributed by atoms with Gasteiger partial charge in [0, 0.05) is 34.6 Å². The average molecular weight is 475 g/mol. The van der Waals surface area contributed by atoms with E-state index < -0.39 is 12.0 Å². The molecule has 160 valence electrons. The Bertz CT molecular complexity index is 907. The van der Waals surface area contributed by atoms with Gasteiger partial charge in [0.1, 0.15) is 0 Å². The molecule has 1 aliphatic heterocycles. The number of hydrogen-bond donors (Lipinski definition) is 2. The topological polar surface area (TPSA) is 84.5 Å². The molecule has 0 radical (unpaired) electrons. The van der Waals surface area contributed by atoms with E-state index >= 15 is 0 Å². The molecule has 30 heavy (non-hydrogen) atoms. The fourth-order valence-corrected chi connectivity index (χ4v) is 4.19. The molecule has 1 aliphatic carbocycles. The maximum absolute atomic E-state index is 13.0. The third kappa shape index (κ3) is 5.59. The average Bonchev–Trinajstić information content (AvgIpc) is 3.11. The number of fused-ring (bicyclic) bond motifs is 1. The van der Waals surface area contributed by atoms with Gasteiger partial charge >= 0.3 is 5.97 Å². The van der Waals surface area contributed by atoms with Crippen molar-refractivity contribution < 1.29 is 19.1 Å². The molecule has 1 fully saturated rings. The molecule has 1 aromatic rings. The summed E-state index contributed by atoms with van der Waals surface area (Å²) in [6.45, 7) is 4.71. The van der Waals surface area contributed by atoms with E-state index in [-0.39, 0.29) is 24.3 Å². The van der Waals surface area contributed by atoms with E-state index in [0.29, 0.717) is 25.0 Å². The lowest BCUT2D eigenvalue weighted by atomic mass is 9.90. The highest BCUT2D eigenvalue weighted by Gasteiger charge is 2.28. The Morgan fingerprint density at radius 2 is 2.17 bits per heavy atom. The van der Waals surface area contributed by atoms with E-state index in [9.17, 15) is 14.4 Å². The van der Waals surface area contributed by atoms with E-state index in [2.05, 4.69) is 39.6 Å². The van der Waals surface area contributed by atoms with E-state index in [1.165, 1.54) is 17.2 Å². The van der Waals surface area contributed by atoms with Crippen molar-refractivity contribution in [3.05, 3.63) is 51.0 Å². The van der Waals surface area contributed by atoms with Crippen LogP contribution in [0.15, 0.2) is 34.3 Å². The van der Waals surface area contributed by atoms with Gasteiger partial charge in [-0.2, -0.15) is 0 Å². The summed E-state index contributed by atoms with van der Waals surface area (Å²) in [5.41, 5.74) is 4.14. The molecule has 3 rings (SSSR count). The Morgan fingerprint density at radius 1 is 1.37 bits per heavy atom. The first-order valence-electron chi connectivity index (χ1n) is 10.3. The number of halogens is 1. The van der Waals surface area contributed by atoms with Crippen molar-refractivity contribution in [1.82, 2.24) is 10.6 Å². The smallest absolute Gasteiger partial charge is 0.330 e. The molecule has 6 nitrogen and oxygen atoms in total. The number of carbonyl (C=O) groups is 3. The number of benzene rings is 1. The van der Waals surface area contributed by atoms with Crippen LogP contribution in [0.1, 0.15) is 42.9 Å². The van der Waals surface area contributed by atoms with Gasteiger partial charge < -0.3 is 15.4 Å². The van der Waals surface area contributed by atoms with E-state index in [1.54, 1.807) is 13.0 Å². The Morgan fingerprint density at radius 3 is 2.87 bits per heavy atom. The largest absolute Gasteiger partial charge is 0.463 e. The Labute approximate surface area is 185 Å². The van der Waals surface area contributed by atoms with Crippen molar-refractivity contribution in [2.45, 2.75) is 45.6 Å². The normalized spacial score (nSPS) is 19.1. The lowest BCUT2D eigenvalue weighted by Crippen LogP contribution is -2.37. The first-order valence-corrected chi connectivity index (χ1v) is 11.1. The Kier molecular flexibility index (Phi) is 7.48. The molecule has 2 amide bonds. The van der Waals surface area contributed by atoms with Crippen molar-refractivity contribution in [3.63, 3.8) is 0 Å². The van der Waals surface area contributed by atoms with Crippen LogP contribution in [0.4, 0.5) is 0 Å². The van der Waals surface area contributed by atoms with Crippen LogP contribution in [0.3, 0.4) is 0 Å². The van der Waals surface area contributed by atoms with Crippen LogP contribution in [0, 0.1) is 12.8 Å². The van der Waals surface area contributed by atoms with Crippen LogP contribution < -0.4 is 10.6 Å². The molecule has 1 heterocycles. The molecule has 1 aromatic carbocycles. The number of rotatable bonds is 7. The van der Waals surface area contributed by atoms with E-state index in [0.717, 1.165) is 22.9 Å². The molecule has 2 aliphatic rings. The van der Waals surface area contributed by atoms with Gasteiger partial charge in [-0.25, -0.2) is 4.79 Å². The summed E-state index contributed by atoms with van der Waals surface area (Å²) in [5, 5.41) is 5.81. The minimum atomic E-state index is -0.460. The van der Waals surface area contributed by atoms with Crippen LogP contribution in [0.25, 0.3) is 6.08 Å². The molecule has 0 unspecified atom stereocenters. The van der Waals surface area contributed by atoms with Crippen molar-refractivity contribution >= 4 is 39.8 Å². The van der Waals surface area contributed by atoms with Crippen molar-refractivity contribution in [2.24, 2.45) is 5.92 Å². The predicted molar refractivity (Wildman–Crippen MR) is 119 cm³/mol. The highest BCUT2D eigenvalue weighted by atomic mass is 79.9. The number of esters is 1. The zero-order chi connectivity index (χ0) is 21.7. The quantitative estimate of drug-likeness (QED) is 0.469. The van der Waals surface area contributed by atoms with Gasteiger partial charge in [0.2, 0.25) is 11.8 Å². The highest BCUT2D eigenvalue weighted by Crippen LogP contribution is 2.29. The minimum absolute atomic E-state index is 0.00943. The van der Waals surface area contributed by atoms with Crippen molar-refractivity contribution in [2.75, 3.05) is 13.2 Å². The summed E-state index contributed by atoms with van der Waals surface area (Å²) in [7, 11) is 0. The molecular formula is C23H27BrN2O4. The number of carbonyl (C=O) groups excluding carboxylic acids is 3. The molecule has 0 bridgehead atoms. The van der Waals surface area contributed by atoms with Gasteiger partial charge in [-0.3, -0.25) is 9.59 Å². The SMILES string of the molecule is CCOC(=O)C=C[C@H](C[C@@H]1CCNC1=O)NC(=O)C1=Cc2cc(Br)c(C)cc2CC1. The van der Waals surface area contributed by atoms with Gasteiger partial charge in [-0.1, -0.05) is 28.1 Å². The molecule has 2 N–H and O–H groups in total. The van der Waals surface area contributed by atoms with Gasteiger partial charge in [-0.15, -0.1) is 0 Å². The second-order valence-electron chi connectivity index (χ2n) is 7.67. The standard InChI is InChI=1S/C23H27BrN2O4/c1-3-30-21(27)7-6-19(12-17-8-9-25-22(17)28)26-23(29)16-5-4-15-10-14(2)20(24)13-18(15)11-16/h6-7,10-11,13,17,19H,3-5,8-9,12H2,1-2H3,(H,25,28)(H,26,29)/t17-,19+/m0/s1. The summed E-state index contributed by atoms with van der Waals surface area (Å²) in [6.07, 6.45) is 7.50. The summed E-state index contributed by atoms with van der Waals surface area (Å²) < 4.78 is 5.95. The Balaban J connectivity index is 1.74. The third-order valence-corrected chi connectivity index (χ3v) is 6.33. The molecular weight excluding hydrogens is 448 g/mol. The lowest BCUT2D eigenvalue weighted by molar-refractivity contribution is -0.137. The molecule has 1 saturated heterocycles. The number of ether oxygens (including phenoxy) is 1. The summed E-state index contributed by atoms with van der Waals surface area (Å²) in [5.74, 6) is -0.820. The fourth-order valence-electron chi connectivity index (χ4n) is 3.82. The second kappa shape index (κ2) is 10.1. The number of nitrogens with one attached hydrogen (secondary N) is 2. The summed E-state index contributed by atoms with van der Waals surface area (Å²) in [4.78, 5) is 36.6. The molecule has 0 saturated carbocycles. The van der Waals surface area contributed by atoms with E-state index in [4.69, 9.17) is 4.74 Å². The van der Waals surface area contributed by atoms with Crippen molar-refractivity contribution in [3.8, 4) is 0 Å². The molecule has 7 heteroatoms. The van der Waals surface area contributed by atoms with Gasteiger partial charge in [0.05, 0.1) is 6.61 Å². The minimum Gasteiger partial charge on any atom is -0.463 e. The lowest BCUT2D eigenvalue weighted by Gasteiger charge is -2.21. The van der Waals surface area contributed by atoms with Crippen LogP contribution in [0.5, 0.6) is 0 Å². The van der Waals surface area contributed by atoms with E-state index in [1.807, 2.05) is 12.1 Å². The first-order chi connectivity index (χ1) is 14.4. The van der Waals surface area contributed by atoms with Crippen LogP contribution >= 0.6 is 15.9 Å². The molecule has 0 spiro atoms. The van der Waals surface area contributed by atoms with Crippen LogP contribution in [0.2, 0.25) is 0 Å². The highest BCUT2D eigenvalue weighted by molar-refractivity contribution is 9.10. The zero-order valence-electron chi connectivity index (χ0n) is 17.3. The maximum atomic E-state index is 13.0. The fraction of sp³-hybridized carbons (Fsp3) is 0.435. The summed E-state index contributed by atoms with van der Waals surface area (Å²) >= 11 is 3.55. The molecule has 2 atom stereocenters. The molecule has 0 aromatic heterocycles.